The smallest absolute Gasteiger partial charge is 0.375 e. The summed E-state index contributed by atoms with van der Waals surface area (Å²) in [5.41, 5.74) is 4.32. The number of ether oxygens (including phenoxy) is 1. The van der Waals surface area contributed by atoms with Crippen LogP contribution in [0.25, 0.3) is 11.2 Å². The van der Waals surface area contributed by atoms with Gasteiger partial charge in [-0.15, -0.1) is 0 Å². The SMILES string of the molecule is O=C(CCC1COC2(CCNCC2)C1)c1ccc(Cc2nc3c(C4=CCN(C(=O)CCC(F)(F)F)CC4)cccn3n2)cc1. The number of rotatable bonds is 9. The van der Waals surface area contributed by atoms with Crippen LogP contribution in [0.1, 0.15) is 78.7 Å². The highest BCUT2D eigenvalue weighted by atomic mass is 19.4. The lowest BCUT2D eigenvalue weighted by molar-refractivity contribution is -0.148. The second kappa shape index (κ2) is 12.8. The summed E-state index contributed by atoms with van der Waals surface area (Å²) in [6.45, 7) is 3.39. The Morgan fingerprint density at radius 2 is 1.89 bits per heavy atom. The van der Waals surface area contributed by atoms with Crippen molar-refractivity contribution in [3.63, 3.8) is 0 Å². The molecule has 6 rings (SSSR count). The van der Waals surface area contributed by atoms with E-state index in [4.69, 9.17) is 9.72 Å². The summed E-state index contributed by atoms with van der Waals surface area (Å²) in [6.07, 6.45) is 3.32. The molecule has 0 bridgehead atoms. The Kier molecular flexibility index (Phi) is 8.87. The molecule has 0 saturated carbocycles. The topological polar surface area (TPSA) is 88.8 Å². The first-order valence-electron chi connectivity index (χ1n) is 15.5. The summed E-state index contributed by atoms with van der Waals surface area (Å²) in [6, 6.07) is 11.5. The van der Waals surface area contributed by atoms with Gasteiger partial charge in [0, 0.05) is 49.7 Å². The molecule has 1 N–H and O–H groups in total. The molecule has 8 nitrogen and oxygen atoms in total. The largest absolute Gasteiger partial charge is 0.389 e. The van der Waals surface area contributed by atoms with Crippen molar-refractivity contribution < 1.29 is 27.5 Å². The van der Waals surface area contributed by atoms with Crippen molar-refractivity contribution in [3.8, 4) is 0 Å². The van der Waals surface area contributed by atoms with E-state index in [1.807, 2.05) is 48.7 Å². The minimum atomic E-state index is -4.34. The number of hydrogen-bond acceptors (Lipinski definition) is 6. The number of Topliss-reactive ketones (excluding diaryl/α,β-unsaturated/α-hetero) is 1. The van der Waals surface area contributed by atoms with Crippen LogP contribution in [0.15, 0.2) is 48.7 Å². The highest BCUT2D eigenvalue weighted by molar-refractivity contribution is 5.96. The molecule has 11 heteroatoms. The van der Waals surface area contributed by atoms with Crippen LogP contribution in [0, 0.1) is 5.92 Å². The van der Waals surface area contributed by atoms with E-state index in [0.717, 1.165) is 62.1 Å². The van der Waals surface area contributed by atoms with Gasteiger partial charge in [-0.2, -0.15) is 18.3 Å². The number of piperidine rings is 1. The van der Waals surface area contributed by atoms with Gasteiger partial charge in [-0.1, -0.05) is 30.3 Å². The van der Waals surface area contributed by atoms with Gasteiger partial charge in [-0.3, -0.25) is 9.59 Å². The Morgan fingerprint density at radius 1 is 1.09 bits per heavy atom. The van der Waals surface area contributed by atoms with Gasteiger partial charge in [0.05, 0.1) is 18.6 Å². The molecule has 2 saturated heterocycles. The van der Waals surface area contributed by atoms with Crippen molar-refractivity contribution in [3.05, 3.63) is 71.2 Å². The second-order valence-electron chi connectivity index (χ2n) is 12.3. The number of pyridine rings is 1. The van der Waals surface area contributed by atoms with Gasteiger partial charge in [-0.25, -0.2) is 9.50 Å². The highest BCUT2D eigenvalue weighted by Gasteiger charge is 2.41. The number of fused-ring (bicyclic) bond motifs is 1. The Balaban J connectivity index is 1.04. The molecular formula is C33H38F3N5O3. The first-order valence-corrected chi connectivity index (χ1v) is 15.5. The molecule has 0 radical (unpaired) electrons. The Hall–Kier alpha value is -3.57. The van der Waals surface area contributed by atoms with Crippen molar-refractivity contribution in [2.24, 2.45) is 5.92 Å². The monoisotopic (exact) mass is 609 g/mol. The molecule has 3 aliphatic rings. The number of aromatic nitrogens is 3. The van der Waals surface area contributed by atoms with Crippen LogP contribution in [0.2, 0.25) is 0 Å². The van der Waals surface area contributed by atoms with Gasteiger partial charge in [0.1, 0.15) is 0 Å². The highest BCUT2D eigenvalue weighted by Crippen LogP contribution is 2.39. The normalized spacial score (nSPS) is 20.3. The summed E-state index contributed by atoms with van der Waals surface area (Å²) in [4.78, 5) is 31.4. The van der Waals surface area contributed by atoms with E-state index in [0.29, 0.717) is 48.8 Å². The van der Waals surface area contributed by atoms with E-state index in [-0.39, 0.29) is 17.9 Å². The number of nitrogens with zero attached hydrogens (tertiary/aromatic N) is 4. The van der Waals surface area contributed by atoms with E-state index >= 15 is 0 Å². The average Bonchev–Trinajstić information content (AvgIpc) is 3.62. The third-order valence-electron chi connectivity index (χ3n) is 9.15. The zero-order valence-corrected chi connectivity index (χ0v) is 24.7. The van der Waals surface area contributed by atoms with Crippen molar-refractivity contribution in [1.29, 1.82) is 0 Å². The lowest BCUT2D eigenvalue weighted by atomic mass is 9.84. The van der Waals surface area contributed by atoms with Crippen molar-refractivity contribution >= 4 is 22.9 Å². The van der Waals surface area contributed by atoms with Crippen molar-refractivity contribution in [2.45, 2.75) is 69.6 Å². The summed E-state index contributed by atoms with van der Waals surface area (Å²) in [5.74, 6) is 0.753. The molecule has 2 fully saturated rings. The van der Waals surface area contributed by atoms with Gasteiger partial charge in [0.2, 0.25) is 5.91 Å². The van der Waals surface area contributed by atoms with E-state index in [9.17, 15) is 22.8 Å². The zero-order valence-electron chi connectivity index (χ0n) is 24.7. The number of carbonyl (C=O) groups is 2. The number of benzene rings is 1. The fourth-order valence-electron chi connectivity index (χ4n) is 6.65. The Labute approximate surface area is 254 Å². The number of alkyl halides is 3. The predicted octanol–water partition coefficient (Wildman–Crippen LogP) is 5.40. The molecule has 5 heterocycles. The lowest BCUT2D eigenvalue weighted by Gasteiger charge is -2.33. The van der Waals surface area contributed by atoms with Gasteiger partial charge in [-0.05, 0) is 74.4 Å². The second-order valence-corrected chi connectivity index (χ2v) is 12.3. The molecule has 1 atom stereocenters. The molecule has 234 valence electrons. The quantitative estimate of drug-likeness (QED) is 0.327. The van der Waals surface area contributed by atoms with E-state index in [2.05, 4.69) is 10.4 Å². The first-order chi connectivity index (χ1) is 21.2. The Bertz CT molecular complexity index is 1530. The third-order valence-corrected chi connectivity index (χ3v) is 9.15. The lowest BCUT2D eigenvalue weighted by Crippen LogP contribution is -2.41. The molecule has 44 heavy (non-hydrogen) atoms. The number of amides is 1. The maximum atomic E-state index is 12.9. The fourth-order valence-corrected chi connectivity index (χ4v) is 6.65. The minimum absolute atomic E-state index is 0.0184. The average molecular weight is 610 g/mol. The molecule has 1 unspecified atom stereocenters. The van der Waals surface area contributed by atoms with Crippen LogP contribution in [-0.2, 0) is 16.0 Å². The van der Waals surface area contributed by atoms with Crippen LogP contribution in [-0.4, -0.2) is 75.8 Å². The summed E-state index contributed by atoms with van der Waals surface area (Å²) in [5, 5.41) is 8.04. The number of hydrogen-bond donors (Lipinski definition) is 1. The van der Waals surface area contributed by atoms with Crippen LogP contribution in [0.5, 0.6) is 0 Å². The third kappa shape index (κ3) is 7.21. The van der Waals surface area contributed by atoms with Crippen LogP contribution in [0.3, 0.4) is 0 Å². The molecule has 2 aromatic heterocycles. The van der Waals surface area contributed by atoms with Crippen LogP contribution in [0.4, 0.5) is 13.2 Å². The summed E-state index contributed by atoms with van der Waals surface area (Å²) < 4.78 is 45.5. The molecule has 1 aromatic carbocycles. The zero-order chi connectivity index (χ0) is 30.7. The Morgan fingerprint density at radius 3 is 2.61 bits per heavy atom. The molecular weight excluding hydrogens is 571 g/mol. The number of carbonyl (C=O) groups excluding carboxylic acids is 2. The van der Waals surface area contributed by atoms with E-state index in [1.54, 1.807) is 4.52 Å². The number of nitrogens with one attached hydrogen (secondary N) is 1. The maximum absolute atomic E-state index is 12.9. The van der Waals surface area contributed by atoms with Gasteiger partial charge in [0.25, 0.3) is 0 Å². The van der Waals surface area contributed by atoms with Crippen LogP contribution < -0.4 is 5.32 Å². The standard InChI is InChI=1S/C33H38F3N5O3/c34-33(35,36)12-9-30(43)40-18-10-25(11-19-40)27-2-1-17-41-31(27)38-29(39-41)20-23-3-6-26(7-4-23)28(42)8-5-24-21-32(44-22-24)13-15-37-16-14-32/h1-4,6-7,10,17,24,37H,5,8-9,11-16,18-22H2. The van der Waals surface area contributed by atoms with Gasteiger partial charge >= 0.3 is 6.18 Å². The van der Waals surface area contributed by atoms with Gasteiger partial charge < -0.3 is 15.0 Å². The maximum Gasteiger partial charge on any atom is 0.389 e. The van der Waals surface area contributed by atoms with Gasteiger partial charge in [0.15, 0.2) is 17.3 Å². The molecule has 0 aliphatic carbocycles. The van der Waals surface area contributed by atoms with E-state index < -0.39 is 24.9 Å². The fraction of sp³-hybridized carbons (Fsp3) is 0.515. The summed E-state index contributed by atoms with van der Waals surface area (Å²) in [7, 11) is 0. The molecule has 1 amide bonds. The minimum Gasteiger partial charge on any atom is -0.375 e. The van der Waals surface area contributed by atoms with Crippen LogP contribution >= 0.6 is 0 Å². The van der Waals surface area contributed by atoms with E-state index in [1.165, 1.54) is 4.90 Å². The molecule has 3 aliphatic heterocycles. The number of halogens is 3. The number of ketones is 1. The first kappa shape index (κ1) is 30.5. The summed E-state index contributed by atoms with van der Waals surface area (Å²) >= 11 is 0. The van der Waals surface area contributed by atoms with Crippen molar-refractivity contribution in [1.82, 2.24) is 24.8 Å². The molecule has 3 aromatic rings. The predicted molar refractivity (Wildman–Crippen MR) is 159 cm³/mol. The molecule has 1 spiro atoms. The van der Waals surface area contributed by atoms with Crippen molar-refractivity contribution in [2.75, 3.05) is 32.8 Å².